The molecule has 0 spiro atoms. The highest BCUT2D eigenvalue weighted by atomic mass is 19.4. The van der Waals surface area contributed by atoms with Gasteiger partial charge in [-0.3, -0.25) is 15.0 Å². The molecular formula is C23H23F6N3O2. The lowest BCUT2D eigenvalue weighted by Crippen LogP contribution is -2.54. The summed E-state index contributed by atoms with van der Waals surface area (Å²) in [6, 6.07) is 9.20. The van der Waals surface area contributed by atoms with E-state index in [9.17, 15) is 35.9 Å². The quantitative estimate of drug-likeness (QED) is 0.480. The number of carbonyl (C=O) groups is 2. The Labute approximate surface area is 192 Å². The molecule has 0 saturated carbocycles. The van der Waals surface area contributed by atoms with Crippen LogP contribution in [0.3, 0.4) is 0 Å². The van der Waals surface area contributed by atoms with Crippen LogP contribution in [0.4, 0.5) is 26.3 Å². The van der Waals surface area contributed by atoms with Gasteiger partial charge in [-0.1, -0.05) is 30.3 Å². The summed E-state index contributed by atoms with van der Waals surface area (Å²) >= 11 is 0. The lowest BCUT2D eigenvalue weighted by molar-refractivity contribution is -0.143. The fourth-order valence-corrected chi connectivity index (χ4v) is 3.98. The van der Waals surface area contributed by atoms with Crippen LogP contribution in [-0.2, 0) is 23.6 Å². The fourth-order valence-electron chi connectivity index (χ4n) is 3.98. The minimum Gasteiger partial charge on any atom is -0.335 e. The Morgan fingerprint density at radius 1 is 0.971 bits per heavy atom. The lowest BCUT2D eigenvalue weighted by Gasteiger charge is -2.40. The van der Waals surface area contributed by atoms with Crippen molar-refractivity contribution in [1.29, 1.82) is 0 Å². The summed E-state index contributed by atoms with van der Waals surface area (Å²) in [5.41, 5.74) is 2.45. The fraction of sp³-hybridized carbons (Fsp3) is 0.391. The number of rotatable bonds is 5. The summed E-state index contributed by atoms with van der Waals surface area (Å²) in [6.07, 6.45) is -9.06. The molecule has 1 aliphatic rings. The average molecular weight is 487 g/mol. The van der Waals surface area contributed by atoms with E-state index < -0.39 is 41.0 Å². The Kier molecular flexibility index (Phi) is 7.54. The van der Waals surface area contributed by atoms with Gasteiger partial charge < -0.3 is 4.90 Å². The molecule has 34 heavy (non-hydrogen) atoms. The summed E-state index contributed by atoms with van der Waals surface area (Å²) in [4.78, 5) is 25.8. The SMILES string of the molecule is CC(=O)NNC1CCN(C(=O)c2cc(C(F)(F)F)cc(C(F)(F)F)c2)C(Cc2ccccc2)C1. The summed E-state index contributed by atoms with van der Waals surface area (Å²) < 4.78 is 79.6. The third kappa shape index (κ3) is 6.49. The molecule has 184 valence electrons. The number of hydrogen-bond donors (Lipinski definition) is 2. The maximum absolute atomic E-state index is 13.3. The second-order valence-electron chi connectivity index (χ2n) is 8.18. The highest BCUT2D eigenvalue weighted by molar-refractivity contribution is 5.95. The van der Waals surface area contributed by atoms with Crippen molar-refractivity contribution in [2.75, 3.05) is 6.54 Å². The molecule has 2 aromatic rings. The van der Waals surface area contributed by atoms with E-state index in [1.54, 1.807) is 18.2 Å². The monoisotopic (exact) mass is 487 g/mol. The molecule has 5 nitrogen and oxygen atoms in total. The number of hydrazine groups is 1. The molecule has 2 aromatic carbocycles. The van der Waals surface area contributed by atoms with Crippen molar-refractivity contribution in [1.82, 2.24) is 15.8 Å². The van der Waals surface area contributed by atoms with Gasteiger partial charge in [0, 0.05) is 31.1 Å². The van der Waals surface area contributed by atoms with Gasteiger partial charge in [0.15, 0.2) is 0 Å². The third-order valence-corrected chi connectivity index (χ3v) is 5.58. The van der Waals surface area contributed by atoms with E-state index in [0.29, 0.717) is 31.4 Å². The van der Waals surface area contributed by atoms with Crippen LogP contribution < -0.4 is 10.9 Å². The predicted octanol–water partition coefficient (Wildman–Crippen LogP) is 4.58. The predicted molar refractivity (Wildman–Crippen MR) is 111 cm³/mol. The first-order chi connectivity index (χ1) is 15.8. The van der Waals surface area contributed by atoms with E-state index in [-0.39, 0.29) is 24.6 Å². The van der Waals surface area contributed by atoms with Crippen molar-refractivity contribution < 1.29 is 35.9 Å². The van der Waals surface area contributed by atoms with Gasteiger partial charge in [0.05, 0.1) is 11.1 Å². The number of hydrogen-bond acceptors (Lipinski definition) is 3. The third-order valence-electron chi connectivity index (χ3n) is 5.58. The number of halogens is 6. The van der Waals surface area contributed by atoms with E-state index in [4.69, 9.17) is 0 Å². The van der Waals surface area contributed by atoms with Crippen molar-refractivity contribution in [2.45, 2.75) is 50.6 Å². The molecule has 2 N–H and O–H groups in total. The molecule has 11 heteroatoms. The van der Waals surface area contributed by atoms with Crippen LogP contribution in [-0.4, -0.2) is 35.3 Å². The number of nitrogens with one attached hydrogen (secondary N) is 2. The minimum absolute atomic E-state index is 0.00180. The zero-order valence-electron chi connectivity index (χ0n) is 18.1. The first-order valence-electron chi connectivity index (χ1n) is 10.5. The zero-order valence-corrected chi connectivity index (χ0v) is 18.1. The first-order valence-corrected chi connectivity index (χ1v) is 10.5. The van der Waals surface area contributed by atoms with Gasteiger partial charge in [-0.15, -0.1) is 0 Å². The minimum atomic E-state index is -5.05. The van der Waals surface area contributed by atoms with E-state index in [0.717, 1.165) is 5.56 Å². The molecule has 0 bridgehead atoms. The van der Waals surface area contributed by atoms with Crippen molar-refractivity contribution in [3.8, 4) is 0 Å². The highest BCUT2D eigenvalue weighted by Crippen LogP contribution is 2.37. The number of likely N-dealkylation sites (tertiary alicyclic amines) is 1. The number of alkyl halides is 6. The topological polar surface area (TPSA) is 61.4 Å². The van der Waals surface area contributed by atoms with Crippen molar-refractivity contribution in [2.24, 2.45) is 0 Å². The molecule has 2 atom stereocenters. The molecule has 1 saturated heterocycles. The normalized spacial score (nSPS) is 19.1. The van der Waals surface area contributed by atoms with Gasteiger partial charge in [-0.05, 0) is 43.0 Å². The van der Waals surface area contributed by atoms with Gasteiger partial charge >= 0.3 is 12.4 Å². The van der Waals surface area contributed by atoms with Crippen molar-refractivity contribution in [3.05, 3.63) is 70.8 Å². The van der Waals surface area contributed by atoms with Gasteiger partial charge in [0.1, 0.15) is 0 Å². The summed E-state index contributed by atoms with van der Waals surface area (Å²) in [7, 11) is 0. The van der Waals surface area contributed by atoms with Crippen LogP contribution in [0.1, 0.15) is 46.8 Å². The number of carbonyl (C=O) groups excluding carboxylic acids is 2. The van der Waals surface area contributed by atoms with Crippen LogP contribution in [0.2, 0.25) is 0 Å². The molecule has 0 aromatic heterocycles. The Hall–Kier alpha value is -3.08. The van der Waals surface area contributed by atoms with Crippen LogP contribution in [0, 0.1) is 0 Å². The Balaban J connectivity index is 1.93. The summed E-state index contributed by atoms with van der Waals surface area (Å²) in [5, 5.41) is 0. The van der Waals surface area contributed by atoms with Crippen LogP contribution >= 0.6 is 0 Å². The van der Waals surface area contributed by atoms with Crippen molar-refractivity contribution >= 4 is 11.8 Å². The molecule has 0 radical (unpaired) electrons. The molecule has 1 heterocycles. The molecule has 0 aliphatic carbocycles. The van der Waals surface area contributed by atoms with Crippen LogP contribution in [0.15, 0.2) is 48.5 Å². The zero-order chi connectivity index (χ0) is 25.1. The number of piperidine rings is 1. The second-order valence-corrected chi connectivity index (χ2v) is 8.18. The largest absolute Gasteiger partial charge is 0.416 e. The smallest absolute Gasteiger partial charge is 0.335 e. The summed E-state index contributed by atoms with van der Waals surface area (Å²) in [5.74, 6) is -1.22. The number of amides is 2. The average Bonchev–Trinajstić information content (AvgIpc) is 2.76. The molecule has 1 aliphatic heterocycles. The molecular weight excluding hydrogens is 464 g/mol. The molecule has 2 unspecified atom stereocenters. The maximum atomic E-state index is 13.3. The lowest BCUT2D eigenvalue weighted by atomic mass is 9.91. The van der Waals surface area contributed by atoms with Crippen molar-refractivity contribution in [3.63, 3.8) is 0 Å². The van der Waals surface area contributed by atoms with E-state index >= 15 is 0 Å². The highest BCUT2D eigenvalue weighted by Gasteiger charge is 2.39. The first kappa shape index (κ1) is 25.5. The Morgan fingerprint density at radius 2 is 1.56 bits per heavy atom. The van der Waals surface area contributed by atoms with E-state index in [2.05, 4.69) is 10.9 Å². The molecule has 1 fully saturated rings. The van der Waals surface area contributed by atoms with E-state index in [1.807, 2.05) is 12.1 Å². The Morgan fingerprint density at radius 3 is 2.09 bits per heavy atom. The molecule has 2 amide bonds. The number of benzene rings is 2. The van der Waals surface area contributed by atoms with Gasteiger partial charge in [0.25, 0.3) is 5.91 Å². The van der Waals surface area contributed by atoms with Gasteiger partial charge in [-0.25, -0.2) is 5.43 Å². The van der Waals surface area contributed by atoms with Crippen LogP contribution in [0.25, 0.3) is 0 Å². The van der Waals surface area contributed by atoms with Crippen LogP contribution in [0.5, 0.6) is 0 Å². The summed E-state index contributed by atoms with van der Waals surface area (Å²) in [6.45, 7) is 1.41. The van der Waals surface area contributed by atoms with E-state index in [1.165, 1.54) is 11.8 Å². The van der Waals surface area contributed by atoms with Gasteiger partial charge in [-0.2, -0.15) is 26.3 Å². The standard InChI is InChI=1S/C23H23F6N3O2/c1-14(33)30-31-19-7-8-32(20(13-19)9-15-5-3-2-4-6-15)21(34)16-10-17(22(24,25)26)12-18(11-16)23(27,28)29/h2-6,10-12,19-20,31H,7-9,13H2,1H3,(H,30,33). The second kappa shape index (κ2) is 10.0. The maximum Gasteiger partial charge on any atom is 0.416 e. The van der Waals surface area contributed by atoms with Gasteiger partial charge in [0.2, 0.25) is 5.91 Å². The Bertz CT molecular complexity index is 991. The number of nitrogens with zero attached hydrogens (tertiary/aromatic N) is 1. The molecule has 3 rings (SSSR count).